The molecule has 0 saturated heterocycles. The lowest BCUT2D eigenvalue weighted by Crippen LogP contribution is -2.51. The summed E-state index contributed by atoms with van der Waals surface area (Å²) >= 11 is 0. The van der Waals surface area contributed by atoms with E-state index in [1.165, 1.54) is 6.08 Å². The van der Waals surface area contributed by atoms with E-state index in [0.717, 1.165) is 18.1 Å². The fourth-order valence-corrected chi connectivity index (χ4v) is 7.87. The maximum Gasteiger partial charge on any atom is 0.331 e. The largest absolute Gasteiger partial charge is 0.455 e. The third-order valence-electron chi connectivity index (χ3n) is 6.23. The molecule has 3 unspecified atom stereocenters. The molecule has 198 valence electrons. The van der Waals surface area contributed by atoms with Crippen molar-refractivity contribution in [3.05, 3.63) is 60.8 Å². The molecule has 6 nitrogen and oxygen atoms in total. The maximum atomic E-state index is 11.7. The molecule has 0 aromatic heterocycles. The highest BCUT2D eigenvalue weighted by atomic mass is 32.0. The van der Waals surface area contributed by atoms with Gasteiger partial charge >= 0.3 is 5.97 Å². The highest BCUT2D eigenvalue weighted by Crippen LogP contribution is 2.34. The first kappa shape index (κ1) is 32.5. The van der Waals surface area contributed by atoms with Crippen LogP contribution in [0, 0.1) is 0 Å². The lowest BCUT2D eigenvalue weighted by atomic mass is 9.93. The van der Waals surface area contributed by atoms with Crippen LogP contribution in [-0.2, 0) is 23.0 Å². The van der Waals surface area contributed by atoms with Gasteiger partial charge in [0.25, 0.3) is 0 Å². The number of aliphatic hydroxyl groups is 1. The Hall–Kier alpha value is -0.483. The van der Waals surface area contributed by atoms with Gasteiger partial charge in [0.1, 0.15) is 6.10 Å². The van der Waals surface area contributed by atoms with Crippen molar-refractivity contribution >= 4 is 41.2 Å². The van der Waals surface area contributed by atoms with Crippen LogP contribution in [0.15, 0.2) is 60.8 Å². The first-order valence-electron chi connectivity index (χ1n) is 12.2. The zero-order chi connectivity index (χ0) is 26.2. The zero-order valence-electron chi connectivity index (χ0n) is 21.4. The maximum absolute atomic E-state index is 11.7. The van der Waals surface area contributed by atoms with Crippen molar-refractivity contribution < 1.29 is 28.1 Å². The van der Waals surface area contributed by atoms with Crippen LogP contribution in [0.4, 0.5) is 0 Å². The second kappa shape index (κ2) is 17.9. The molecule has 1 aliphatic heterocycles. The van der Waals surface area contributed by atoms with E-state index in [1.54, 1.807) is 0 Å². The molecule has 1 rings (SSSR count). The summed E-state index contributed by atoms with van der Waals surface area (Å²) in [5.41, 5.74) is -0.933. The van der Waals surface area contributed by atoms with Crippen molar-refractivity contribution in [1.29, 1.82) is 0 Å². The molecule has 0 saturated carbocycles. The molecule has 10 heteroatoms. The van der Waals surface area contributed by atoms with Gasteiger partial charge in [0, 0.05) is 36.9 Å². The Morgan fingerprint density at radius 1 is 1.26 bits per heavy atom. The molecule has 35 heavy (non-hydrogen) atoms. The Morgan fingerprint density at radius 3 is 2.54 bits per heavy atom. The number of ether oxygens (including phenoxy) is 1. The number of carbonyl (C=O) groups excluding carboxylic acids is 1. The van der Waals surface area contributed by atoms with Crippen molar-refractivity contribution in [1.82, 2.24) is 0 Å². The van der Waals surface area contributed by atoms with E-state index in [1.807, 2.05) is 61.6 Å². The third kappa shape index (κ3) is 12.1. The molecule has 1 heterocycles. The summed E-state index contributed by atoms with van der Waals surface area (Å²) in [6, 6.07) is 2.89. The molecule has 0 spiro atoms. The first-order valence-corrected chi connectivity index (χ1v) is 17.9. The quantitative estimate of drug-likeness (QED) is 0.0752. The number of cyclic esters (lactones) is 1. The summed E-state index contributed by atoms with van der Waals surface area (Å²) < 4.78 is 23.0. The van der Waals surface area contributed by atoms with E-state index in [9.17, 15) is 9.90 Å². The molecule has 0 bridgehead atoms. The van der Waals surface area contributed by atoms with Crippen molar-refractivity contribution in [2.75, 3.05) is 6.61 Å². The van der Waals surface area contributed by atoms with E-state index >= 15 is 0 Å². The number of rotatable bonds is 17. The summed E-state index contributed by atoms with van der Waals surface area (Å²) in [6.07, 6.45) is 18.0. The van der Waals surface area contributed by atoms with Crippen LogP contribution in [0.2, 0.25) is 18.1 Å². The van der Waals surface area contributed by atoms with E-state index in [-0.39, 0.29) is 26.7 Å². The second-order valence-electron chi connectivity index (χ2n) is 8.56. The van der Waals surface area contributed by atoms with Gasteiger partial charge in [0.15, 0.2) is 8.32 Å². The Kier molecular flexibility index (Phi) is 16.6. The van der Waals surface area contributed by atoms with Gasteiger partial charge in [0.05, 0.1) is 24.4 Å². The van der Waals surface area contributed by atoms with Gasteiger partial charge in [-0.1, -0.05) is 78.3 Å². The van der Waals surface area contributed by atoms with Gasteiger partial charge in [-0.3, -0.25) is 0 Å². The minimum atomic E-state index is -2.06. The van der Waals surface area contributed by atoms with Crippen molar-refractivity contribution in [3.8, 4) is 0 Å². The molecular formula is C25H43O6P3Si. The number of hydrogen-bond donors (Lipinski definition) is 1. The monoisotopic (exact) mass is 560 g/mol. The Balaban J connectivity index is 3.09. The van der Waals surface area contributed by atoms with E-state index in [0.29, 0.717) is 19.4 Å². The topological polar surface area (TPSA) is 74.2 Å². The van der Waals surface area contributed by atoms with Crippen molar-refractivity contribution in [2.24, 2.45) is 0 Å². The predicted molar refractivity (Wildman–Crippen MR) is 156 cm³/mol. The molecule has 1 aliphatic rings. The molecule has 7 atom stereocenters. The van der Waals surface area contributed by atoms with Crippen LogP contribution in [0.25, 0.3) is 0 Å². The predicted octanol–water partition coefficient (Wildman–Crippen LogP) is 6.19. The van der Waals surface area contributed by atoms with Crippen molar-refractivity contribution in [3.63, 3.8) is 0 Å². The van der Waals surface area contributed by atoms with E-state index in [2.05, 4.69) is 39.2 Å². The fraction of sp³-hybridized carbons (Fsp3) is 0.560. The van der Waals surface area contributed by atoms with Crippen molar-refractivity contribution in [2.45, 2.75) is 82.6 Å². The van der Waals surface area contributed by atoms with Crippen LogP contribution in [0.5, 0.6) is 0 Å². The Bertz CT molecular complexity index is 758. The zero-order valence-corrected chi connectivity index (χ0v) is 25.7. The van der Waals surface area contributed by atoms with Crippen LogP contribution in [0.1, 0.15) is 40.5 Å². The SMILES string of the molecule is CC[Si](CC)(CC)O[C@](C)(/C=C/[C@H]1CC=CC(=O)O1)[C@H](O)C[C@H](\C=C/C=C\C=C\COP)OPP. The first-order chi connectivity index (χ1) is 16.8. The lowest BCUT2D eigenvalue weighted by molar-refractivity contribution is -0.141. The highest BCUT2D eigenvalue weighted by molar-refractivity contribution is 8.00. The molecule has 0 aromatic carbocycles. The highest BCUT2D eigenvalue weighted by Gasteiger charge is 2.41. The van der Waals surface area contributed by atoms with Crippen LogP contribution < -0.4 is 0 Å². The lowest BCUT2D eigenvalue weighted by Gasteiger charge is -2.42. The molecule has 0 radical (unpaired) electrons. The second-order valence-corrected chi connectivity index (χ2v) is 14.8. The smallest absolute Gasteiger partial charge is 0.331 e. The minimum Gasteiger partial charge on any atom is -0.455 e. The minimum absolute atomic E-state index is 0.207. The number of esters is 1. The molecule has 0 fully saturated rings. The average Bonchev–Trinajstić information content (AvgIpc) is 2.85. The summed E-state index contributed by atoms with van der Waals surface area (Å²) in [6.45, 7) is 8.96. The van der Waals surface area contributed by atoms with Crippen LogP contribution >= 0.6 is 26.9 Å². The number of aliphatic hydroxyl groups excluding tert-OH is 1. The number of hydrogen-bond acceptors (Lipinski definition) is 6. The summed E-state index contributed by atoms with van der Waals surface area (Å²) in [7, 11) is 2.95. The molecular weight excluding hydrogens is 517 g/mol. The average molecular weight is 561 g/mol. The van der Waals surface area contributed by atoms with Gasteiger partial charge in [-0.25, -0.2) is 4.79 Å². The Labute approximate surface area is 219 Å². The molecule has 0 aromatic rings. The van der Waals surface area contributed by atoms with E-state index < -0.39 is 20.0 Å². The summed E-state index contributed by atoms with van der Waals surface area (Å²) in [4.78, 5) is 11.7. The molecule has 1 N–H and O–H groups in total. The summed E-state index contributed by atoms with van der Waals surface area (Å²) in [5.74, 6) is -0.350. The van der Waals surface area contributed by atoms with Crippen LogP contribution in [0.3, 0.4) is 0 Å². The third-order valence-corrected chi connectivity index (χ3v) is 12.0. The van der Waals surface area contributed by atoms with Gasteiger partial charge in [0.2, 0.25) is 0 Å². The van der Waals surface area contributed by atoms with Gasteiger partial charge in [-0.05, 0) is 31.1 Å². The fourth-order valence-electron chi connectivity index (χ4n) is 3.81. The summed E-state index contributed by atoms with van der Waals surface area (Å²) in [5, 5.41) is 11.5. The van der Waals surface area contributed by atoms with Gasteiger partial charge < -0.3 is 23.3 Å². The number of carbonyl (C=O) groups is 1. The normalized spacial score (nSPS) is 21.1. The molecule has 0 amide bonds. The number of allylic oxidation sites excluding steroid dienone is 4. The standard InChI is InChI=1S/C25H43O6P3Si/c1-5-35(6-2,7-3)31-25(4,18-17-21-15-13-16-24(27)29-21)23(26)20-22(30-34-33)14-11-9-8-10-12-19-28-32/h8-14,16-18,21-23,26,34H,5-7,15,19-20,32-33H2,1-4H3/b9-8-,12-10+,14-11-,18-17+/t21-,22+,23-,25-/m1/s1. The Morgan fingerprint density at radius 2 is 1.94 bits per heavy atom. The van der Waals surface area contributed by atoms with Gasteiger partial charge in [-0.2, -0.15) is 0 Å². The van der Waals surface area contributed by atoms with Gasteiger partial charge in [-0.15, -0.1) is 0 Å². The van der Waals surface area contributed by atoms with Crippen LogP contribution in [-0.4, -0.2) is 49.9 Å². The molecule has 0 aliphatic carbocycles. The van der Waals surface area contributed by atoms with E-state index in [4.69, 9.17) is 18.2 Å².